The lowest BCUT2D eigenvalue weighted by molar-refractivity contribution is 0.196. The zero-order chi connectivity index (χ0) is 14.2. The van der Waals surface area contributed by atoms with Crippen LogP contribution in [0.5, 0.6) is 0 Å². The van der Waals surface area contributed by atoms with Crippen molar-refractivity contribution in [3.05, 3.63) is 0 Å². The smallest absolute Gasteiger partial charge is 0.205 e. The third-order valence-electron chi connectivity index (χ3n) is 4.74. The van der Waals surface area contributed by atoms with Gasteiger partial charge in [0.2, 0.25) is 5.96 Å². The van der Waals surface area contributed by atoms with Gasteiger partial charge in [0, 0.05) is 12.6 Å². The maximum Gasteiger partial charge on any atom is 0.205 e. The molecular formula is C15H31N5. The molecule has 0 unspecified atom stereocenters. The number of nitrogens with one attached hydrogen (secondary N) is 2. The number of hydrogen-bond acceptors (Lipinski definition) is 3. The normalized spacial score (nSPS) is 23.8. The summed E-state index contributed by atoms with van der Waals surface area (Å²) in [6, 6.07) is 0.556. The van der Waals surface area contributed by atoms with Gasteiger partial charge in [-0.05, 0) is 51.2 Å². The van der Waals surface area contributed by atoms with Gasteiger partial charge in [0.25, 0.3) is 0 Å². The molecule has 0 aromatic rings. The lowest BCUT2D eigenvalue weighted by Gasteiger charge is -2.30. The molecule has 1 saturated heterocycles. The van der Waals surface area contributed by atoms with Crippen LogP contribution in [0.15, 0.2) is 4.99 Å². The molecular weight excluding hydrogens is 250 g/mol. The topological polar surface area (TPSA) is 65.7 Å². The fourth-order valence-corrected chi connectivity index (χ4v) is 3.28. The summed E-state index contributed by atoms with van der Waals surface area (Å²) in [5.74, 6) is 7.10. The molecule has 0 radical (unpaired) electrons. The summed E-state index contributed by atoms with van der Waals surface area (Å²) in [5, 5.41) is 3.47. The highest BCUT2D eigenvalue weighted by molar-refractivity contribution is 5.79. The van der Waals surface area contributed by atoms with Gasteiger partial charge in [-0.15, -0.1) is 0 Å². The molecule has 5 nitrogen and oxygen atoms in total. The van der Waals surface area contributed by atoms with E-state index in [1.54, 1.807) is 0 Å². The van der Waals surface area contributed by atoms with E-state index in [1.165, 1.54) is 64.6 Å². The van der Waals surface area contributed by atoms with Crippen molar-refractivity contribution < 1.29 is 0 Å². The zero-order valence-electron chi connectivity index (χ0n) is 12.9. The Balaban J connectivity index is 1.73. The van der Waals surface area contributed by atoms with Crippen molar-refractivity contribution in [2.24, 2.45) is 16.8 Å². The number of hydrogen-bond donors (Lipinski definition) is 3. The number of rotatable bonds is 4. The van der Waals surface area contributed by atoms with E-state index in [-0.39, 0.29) is 0 Å². The molecule has 20 heavy (non-hydrogen) atoms. The van der Waals surface area contributed by atoms with Crippen LogP contribution in [0.2, 0.25) is 0 Å². The van der Waals surface area contributed by atoms with Crippen molar-refractivity contribution in [3.63, 3.8) is 0 Å². The standard InChI is InChI=1S/C15H31N5/c1-2-20-10-8-13(9-11-20)12-17-15(19-16)18-14-6-4-3-5-7-14/h13-14H,2-12,16H2,1H3,(H2,17,18,19). The lowest BCUT2D eigenvalue weighted by Crippen LogP contribution is -2.47. The van der Waals surface area contributed by atoms with Gasteiger partial charge in [-0.25, -0.2) is 5.84 Å². The van der Waals surface area contributed by atoms with Crippen LogP contribution < -0.4 is 16.6 Å². The Morgan fingerprint density at radius 2 is 1.85 bits per heavy atom. The van der Waals surface area contributed by atoms with Crippen molar-refractivity contribution in [1.29, 1.82) is 0 Å². The summed E-state index contributed by atoms with van der Waals surface area (Å²) in [6.45, 7) is 6.75. The number of hydrazine groups is 1. The van der Waals surface area contributed by atoms with Crippen LogP contribution in [0, 0.1) is 5.92 Å². The average molecular weight is 281 g/mol. The lowest BCUT2D eigenvalue weighted by atomic mass is 9.95. The fraction of sp³-hybridized carbons (Fsp3) is 0.933. The van der Waals surface area contributed by atoms with Crippen LogP contribution in [0.4, 0.5) is 0 Å². The minimum atomic E-state index is 0.556. The summed E-state index contributed by atoms with van der Waals surface area (Å²) in [6.07, 6.45) is 9.04. The quantitative estimate of drug-likeness (QED) is 0.316. The summed E-state index contributed by atoms with van der Waals surface area (Å²) >= 11 is 0. The minimum absolute atomic E-state index is 0.556. The van der Waals surface area contributed by atoms with Gasteiger partial charge in [0.05, 0.1) is 0 Å². The first-order valence-corrected chi connectivity index (χ1v) is 8.31. The predicted molar refractivity (Wildman–Crippen MR) is 84.5 cm³/mol. The summed E-state index contributed by atoms with van der Waals surface area (Å²) in [4.78, 5) is 7.18. The molecule has 0 atom stereocenters. The third-order valence-corrected chi connectivity index (χ3v) is 4.74. The molecule has 0 spiro atoms. The molecule has 4 N–H and O–H groups in total. The Morgan fingerprint density at radius 3 is 2.45 bits per heavy atom. The second-order valence-corrected chi connectivity index (χ2v) is 6.19. The summed E-state index contributed by atoms with van der Waals surface area (Å²) < 4.78 is 0. The maximum atomic E-state index is 5.60. The fourth-order valence-electron chi connectivity index (χ4n) is 3.28. The number of nitrogens with two attached hydrogens (primary N) is 1. The van der Waals surface area contributed by atoms with Gasteiger partial charge in [-0.3, -0.25) is 10.4 Å². The molecule has 0 amide bonds. The Bertz CT molecular complexity index is 291. The Kier molecular flexibility index (Phi) is 6.60. The highest BCUT2D eigenvalue weighted by Gasteiger charge is 2.18. The molecule has 0 aromatic carbocycles. The van der Waals surface area contributed by atoms with Crippen LogP contribution in [-0.2, 0) is 0 Å². The summed E-state index contributed by atoms with van der Waals surface area (Å²) in [7, 11) is 0. The van der Waals surface area contributed by atoms with Crippen molar-refractivity contribution in [3.8, 4) is 0 Å². The highest BCUT2D eigenvalue weighted by Crippen LogP contribution is 2.18. The van der Waals surface area contributed by atoms with Crippen molar-refractivity contribution in [2.75, 3.05) is 26.2 Å². The van der Waals surface area contributed by atoms with E-state index < -0.39 is 0 Å². The Morgan fingerprint density at radius 1 is 1.15 bits per heavy atom. The predicted octanol–water partition coefficient (Wildman–Crippen LogP) is 1.46. The van der Waals surface area contributed by atoms with Gasteiger partial charge in [0.15, 0.2) is 0 Å². The second kappa shape index (κ2) is 8.47. The van der Waals surface area contributed by atoms with E-state index in [4.69, 9.17) is 5.84 Å². The number of piperidine rings is 1. The van der Waals surface area contributed by atoms with Crippen molar-refractivity contribution in [2.45, 2.75) is 57.9 Å². The monoisotopic (exact) mass is 281 g/mol. The number of nitrogens with zero attached hydrogens (tertiary/aromatic N) is 2. The Hall–Kier alpha value is -0.810. The van der Waals surface area contributed by atoms with E-state index in [2.05, 4.69) is 27.6 Å². The van der Waals surface area contributed by atoms with Crippen LogP contribution in [0.25, 0.3) is 0 Å². The molecule has 1 heterocycles. The molecule has 2 fully saturated rings. The minimum Gasteiger partial charge on any atom is -0.353 e. The maximum absolute atomic E-state index is 5.60. The molecule has 1 saturated carbocycles. The molecule has 0 aromatic heterocycles. The molecule has 1 aliphatic carbocycles. The number of guanidine groups is 1. The average Bonchev–Trinajstić information content (AvgIpc) is 2.53. The summed E-state index contributed by atoms with van der Waals surface area (Å²) in [5.41, 5.74) is 2.74. The van der Waals surface area contributed by atoms with E-state index in [0.717, 1.165) is 12.5 Å². The van der Waals surface area contributed by atoms with Gasteiger partial charge in [0.1, 0.15) is 0 Å². The SMILES string of the molecule is CCN1CCC(CN=C(NN)NC2CCCCC2)CC1. The van der Waals surface area contributed by atoms with Gasteiger partial charge in [-0.2, -0.15) is 0 Å². The van der Waals surface area contributed by atoms with E-state index in [9.17, 15) is 0 Å². The molecule has 116 valence electrons. The molecule has 5 heteroatoms. The van der Waals surface area contributed by atoms with E-state index in [1.807, 2.05) is 0 Å². The van der Waals surface area contributed by atoms with Gasteiger partial charge in [-0.1, -0.05) is 26.2 Å². The van der Waals surface area contributed by atoms with Gasteiger partial charge >= 0.3 is 0 Å². The first kappa shape index (κ1) is 15.6. The number of likely N-dealkylation sites (tertiary alicyclic amines) is 1. The molecule has 2 rings (SSSR count). The third kappa shape index (κ3) is 4.94. The van der Waals surface area contributed by atoms with E-state index >= 15 is 0 Å². The molecule has 2 aliphatic rings. The first-order chi connectivity index (χ1) is 9.81. The largest absolute Gasteiger partial charge is 0.353 e. The zero-order valence-corrected chi connectivity index (χ0v) is 12.9. The van der Waals surface area contributed by atoms with Crippen molar-refractivity contribution >= 4 is 5.96 Å². The van der Waals surface area contributed by atoms with Gasteiger partial charge < -0.3 is 10.2 Å². The second-order valence-electron chi connectivity index (χ2n) is 6.19. The van der Waals surface area contributed by atoms with Crippen LogP contribution in [0.3, 0.4) is 0 Å². The van der Waals surface area contributed by atoms with Crippen LogP contribution >= 0.6 is 0 Å². The van der Waals surface area contributed by atoms with Crippen LogP contribution in [0.1, 0.15) is 51.9 Å². The first-order valence-electron chi connectivity index (χ1n) is 8.31. The highest BCUT2D eigenvalue weighted by atomic mass is 15.3. The Labute approximate surface area is 123 Å². The van der Waals surface area contributed by atoms with E-state index in [0.29, 0.717) is 12.0 Å². The molecule has 1 aliphatic heterocycles. The molecule has 0 bridgehead atoms. The van der Waals surface area contributed by atoms with Crippen molar-refractivity contribution in [1.82, 2.24) is 15.6 Å². The number of aliphatic imine (C=N–C) groups is 1. The van der Waals surface area contributed by atoms with Crippen LogP contribution in [-0.4, -0.2) is 43.1 Å².